The number of hydrogen-bond acceptors (Lipinski definition) is 4. The third-order valence-electron chi connectivity index (χ3n) is 4.16. The molecule has 1 N–H and O–H groups in total. The summed E-state index contributed by atoms with van der Waals surface area (Å²) in [6.45, 7) is 1.06. The molecule has 7 heteroatoms. The van der Waals surface area contributed by atoms with E-state index in [2.05, 4.69) is 5.10 Å². The van der Waals surface area contributed by atoms with Crippen LogP contribution in [-0.2, 0) is 4.84 Å². The minimum absolute atomic E-state index is 0.0954. The topological polar surface area (TPSA) is 67.6 Å². The Kier molecular flexibility index (Phi) is 2.74. The second-order valence-electron chi connectivity index (χ2n) is 5.90. The zero-order valence-corrected chi connectivity index (χ0v) is 11.7. The average Bonchev–Trinajstić information content (AvgIpc) is 2.93. The van der Waals surface area contributed by atoms with E-state index in [0.29, 0.717) is 18.8 Å². The number of hydrogen-bond donors (Lipinski definition) is 1. The SMILES string of the molecule is O=C(c1nn(-c2cccc(F)c2)cc1O)N1CC2(CC2)CO1. The highest BCUT2D eigenvalue weighted by Gasteiger charge is 2.51. The van der Waals surface area contributed by atoms with Crippen molar-refractivity contribution in [3.8, 4) is 11.4 Å². The molecule has 1 amide bonds. The number of rotatable bonds is 2. The predicted molar refractivity (Wildman–Crippen MR) is 73.8 cm³/mol. The van der Waals surface area contributed by atoms with Crippen molar-refractivity contribution < 1.29 is 19.1 Å². The first-order chi connectivity index (χ1) is 10.6. The molecule has 1 spiro atoms. The van der Waals surface area contributed by atoms with Crippen LogP contribution >= 0.6 is 0 Å². The molecule has 2 heterocycles. The lowest BCUT2D eigenvalue weighted by Crippen LogP contribution is -2.28. The van der Waals surface area contributed by atoms with Crippen LogP contribution in [0.1, 0.15) is 23.3 Å². The summed E-state index contributed by atoms with van der Waals surface area (Å²) in [4.78, 5) is 17.8. The average molecular weight is 303 g/mol. The molecule has 1 saturated heterocycles. The normalized spacial score (nSPS) is 18.9. The highest BCUT2D eigenvalue weighted by molar-refractivity contribution is 5.94. The quantitative estimate of drug-likeness (QED) is 0.920. The number of nitrogens with zero attached hydrogens (tertiary/aromatic N) is 3. The smallest absolute Gasteiger partial charge is 0.301 e. The third kappa shape index (κ3) is 2.14. The van der Waals surface area contributed by atoms with Gasteiger partial charge in [0.1, 0.15) is 5.82 Å². The van der Waals surface area contributed by atoms with E-state index >= 15 is 0 Å². The molecule has 0 radical (unpaired) electrons. The summed E-state index contributed by atoms with van der Waals surface area (Å²) in [5, 5.41) is 15.3. The number of halogens is 1. The fourth-order valence-corrected chi connectivity index (χ4v) is 2.61. The first kappa shape index (κ1) is 13.3. The monoisotopic (exact) mass is 303 g/mol. The Balaban J connectivity index is 1.61. The van der Waals surface area contributed by atoms with Gasteiger partial charge in [-0.25, -0.2) is 14.1 Å². The molecule has 1 aliphatic heterocycles. The number of aromatic hydroxyl groups is 1. The summed E-state index contributed by atoms with van der Waals surface area (Å²) >= 11 is 0. The molecule has 0 unspecified atom stereocenters. The molecule has 1 saturated carbocycles. The van der Waals surface area contributed by atoms with Gasteiger partial charge in [0.25, 0.3) is 0 Å². The standard InChI is InChI=1S/C15H14FN3O3/c16-10-2-1-3-11(6-10)18-7-12(20)13(17-18)14(21)19-8-15(4-5-15)9-22-19/h1-3,6-7,20H,4-5,8-9H2. The van der Waals surface area contributed by atoms with Crippen LogP contribution in [0, 0.1) is 11.2 Å². The van der Waals surface area contributed by atoms with Crippen molar-refractivity contribution in [1.82, 2.24) is 14.8 Å². The largest absolute Gasteiger partial charge is 0.504 e. The number of hydroxylamine groups is 2. The van der Waals surface area contributed by atoms with E-state index in [9.17, 15) is 14.3 Å². The van der Waals surface area contributed by atoms with Gasteiger partial charge in [0.2, 0.25) is 0 Å². The lowest BCUT2D eigenvalue weighted by atomic mass is 10.1. The summed E-state index contributed by atoms with van der Waals surface area (Å²) in [7, 11) is 0. The molecule has 22 heavy (non-hydrogen) atoms. The molecule has 1 aromatic heterocycles. The minimum Gasteiger partial charge on any atom is -0.504 e. The summed E-state index contributed by atoms with van der Waals surface area (Å²) in [6, 6.07) is 5.75. The van der Waals surface area contributed by atoms with Gasteiger partial charge in [-0.2, -0.15) is 5.10 Å². The molecule has 6 nitrogen and oxygen atoms in total. The van der Waals surface area contributed by atoms with Gasteiger partial charge in [-0.3, -0.25) is 9.63 Å². The second-order valence-corrected chi connectivity index (χ2v) is 5.90. The van der Waals surface area contributed by atoms with Crippen LogP contribution in [0.25, 0.3) is 5.69 Å². The number of carbonyl (C=O) groups is 1. The number of carbonyl (C=O) groups excluding carboxylic acids is 1. The van der Waals surface area contributed by atoms with E-state index in [1.165, 1.54) is 34.1 Å². The van der Waals surface area contributed by atoms with Crippen LogP contribution in [0.4, 0.5) is 4.39 Å². The Hall–Kier alpha value is -2.41. The van der Waals surface area contributed by atoms with Gasteiger partial charge in [-0.05, 0) is 31.0 Å². The summed E-state index contributed by atoms with van der Waals surface area (Å²) in [5.41, 5.74) is 0.438. The highest BCUT2D eigenvalue weighted by atomic mass is 19.1. The first-order valence-corrected chi connectivity index (χ1v) is 7.06. The fraction of sp³-hybridized carbons (Fsp3) is 0.333. The molecule has 114 valence electrons. The number of aromatic nitrogens is 2. The van der Waals surface area contributed by atoms with Gasteiger partial charge in [0, 0.05) is 5.41 Å². The summed E-state index contributed by atoms with van der Waals surface area (Å²) in [6.07, 6.45) is 3.39. The van der Waals surface area contributed by atoms with E-state index in [0.717, 1.165) is 12.8 Å². The van der Waals surface area contributed by atoms with Gasteiger partial charge in [0.15, 0.2) is 11.4 Å². The Bertz CT molecular complexity index is 754. The first-order valence-electron chi connectivity index (χ1n) is 7.06. The minimum atomic E-state index is -0.476. The molecule has 2 fully saturated rings. The summed E-state index contributed by atoms with van der Waals surface area (Å²) in [5.74, 6) is -1.15. The summed E-state index contributed by atoms with van der Waals surface area (Å²) < 4.78 is 14.5. The lowest BCUT2D eigenvalue weighted by molar-refractivity contribution is -0.0779. The maximum atomic E-state index is 13.3. The van der Waals surface area contributed by atoms with Gasteiger partial charge >= 0.3 is 5.91 Å². The van der Waals surface area contributed by atoms with Crippen LogP contribution in [0.5, 0.6) is 5.75 Å². The van der Waals surface area contributed by atoms with Gasteiger partial charge in [-0.1, -0.05) is 6.07 Å². The molecular weight excluding hydrogens is 289 g/mol. The Morgan fingerprint density at radius 2 is 2.23 bits per heavy atom. The van der Waals surface area contributed by atoms with Crippen LogP contribution < -0.4 is 0 Å². The highest BCUT2D eigenvalue weighted by Crippen LogP contribution is 2.50. The van der Waals surface area contributed by atoms with Crippen molar-refractivity contribution in [2.45, 2.75) is 12.8 Å². The van der Waals surface area contributed by atoms with E-state index in [1.807, 2.05) is 0 Å². The molecule has 0 atom stereocenters. The Labute approximate surface area is 125 Å². The molecule has 0 bridgehead atoms. The van der Waals surface area contributed by atoms with Crippen LogP contribution in [-0.4, -0.2) is 39.0 Å². The van der Waals surface area contributed by atoms with Crippen molar-refractivity contribution in [2.24, 2.45) is 5.41 Å². The Morgan fingerprint density at radius 1 is 1.41 bits per heavy atom. The van der Waals surface area contributed by atoms with Crippen molar-refractivity contribution in [3.63, 3.8) is 0 Å². The second kappa shape index (κ2) is 4.54. The lowest BCUT2D eigenvalue weighted by Gasteiger charge is -2.12. The maximum absolute atomic E-state index is 13.3. The molecule has 2 aliphatic rings. The van der Waals surface area contributed by atoms with Crippen LogP contribution in [0.15, 0.2) is 30.5 Å². The number of amides is 1. The van der Waals surface area contributed by atoms with Gasteiger partial charge < -0.3 is 5.11 Å². The molecule has 4 rings (SSSR count). The zero-order valence-electron chi connectivity index (χ0n) is 11.7. The fourth-order valence-electron chi connectivity index (χ4n) is 2.61. The molecule has 1 aromatic carbocycles. The van der Waals surface area contributed by atoms with Crippen molar-refractivity contribution in [2.75, 3.05) is 13.2 Å². The van der Waals surface area contributed by atoms with Gasteiger partial charge in [-0.15, -0.1) is 0 Å². The van der Waals surface area contributed by atoms with Crippen LogP contribution in [0.2, 0.25) is 0 Å². The third-order valence-corrected chi connectivity index (χ3v) is 4.16. The zero-order chi connectivity index (χ0) is 15.3. The van der Waals surface area contributed by atoms with E-state index < -0.39 is 11.7 Å². The predicted octanol–water partition coefficient (Wildman–Crippen LogP) is 1.88. The van der Waals surface area contributed by atoms with Crippen molar-refractivity contribution in [1.29, 1.82) is 0 Å². The van der Waals surface area contributed by atoms with E-state index in [-0.39, 0.29) is 16.9 Å². The van der Waals surface area contributed by atoms with Gasteiger partial charge in [0.05, 0.1) is 25.0 Å². The molecule has 1 aliphatic carbocycles. The maximum Gasteiger partial charge on any atom is 0.301 e. The molecular formula is C15H14FN3O3. The van der Waals surface area contributed by atoms with Crippen molar-refractivity contribution >= 4 is 5.91 Å². The van der Waals surface area contributed by atoms with E-state index in [1.54, 1.807) is 6.07 Å². The van der Waals surface area contributed by atoms with Crippen molar-refractivity contribution in [3.05, 3.63) is 42.0 Å². The molecule has 2 aromatic rings. The van der Waals surface area contributed by atoms with E-state index in [4.69, 9.17) is 4.84 Å². The number of benzene rings is 1. The Morgan fingerprint density at radius 3 is 2.91 bits per heavy atom. The van der Waals surface area contributed by atoms with Crippen LogP contribution in [0.3, 0.4) is 0 Å².